The molecule has 2 aromatic carbocycles. The normalized spacial score (nSPS) is 17.5. The zero-order valence-corrected chi connectivity index (χ0v) is 19.2. The van der Waals surface area contributed by atoms with Gasteiger partial charge in [-0.25, -0.2) is 4.79 Å². The third-order valence-electron chi connectivity index (χ3n) is 5.34. The van der Waals surface area contributed by atoms with E-state index in [2.05, 4.69) is 0 Å². The second-order valence-corrected chi connectivity index (χ2v) is 9.10. The molecule has 2 aromatic rings. The van der Waals surface area contributed by atoms with Crippen LogP contribution in [0.5, 0.6) is 5.75 Å². The van der Waals surface area contributed by atoms with Crippen molar-refractivity contribution >= 4 is 52.5 Å². The van der Waals surface area contributed by atoms with Crippen molar-refractivity contribution in [1.29, 1.82) is 0 Å². The highest BCUT2D eigenvalue weighted by Crippen LogP contribution is 2.32. The first-order chi connectivity index (χ1) is 15.9. The lowest BCUT2D eigenvalue weighted by Crippen LogP contribution is -2.44. The molecule has 0 N–H and O–H groups in total. The highest BCUT2D eigenvalue weighted by atomic mass is 35.5. The average molecular weight is 485 g/mol. The van der Waals surface area contributed by atoms with Crippen molar-refractivity contribution in [3.05, 3.63) is 69.6 Å². The lowest BCUT2D eigenvalue weighted by atomic mass is 10.1. The summed E-state index contributed by atoms with van der Waals surface area (Å²) in [5, 5.41) is 0.0707. The SMILES string of the molecule is O=C(Oc1ccc(/C=C2\SC(=O)N(CC(=O)N3CCCCC3)C2=O)cc1)c1ccc(Cl)cc1. The van der Waals surface area contributed by atoms with Crippen molar-refractivity contribution in [2.75, 3.05) is 19.6 Å². The maximum Gasteiger partial charge on any atom is 0.343 e. The number of amides is 3. The summed E-state index contributed by atoms with van der Waals surface area (Å²) in [7, 11) is 0. The van der Waals surface area contributed by atoms with Gasteiger partial charge in [-0.3, -0.25) is 19.3 Å². The molecule has 2 aliphatic heterocycles. The van der Waals surface area contributed by atoms with E-state index in [1.54, 1.807) is 59.5 Å². The van der Waals surface area contributed by atoms with E-state index in [1.165, 1.54) is 0 Å². The molecule has 7 nitrogen and oxygen atoms in total. The van der Waals surface area contributed by atoms with Crippen LogP contribution in [0.15, 0.2) is 53.4 Å². The molecule has 0 radical (unpaired) electrons. The molecular weight excluding hydrogens is 464 g/mol. The van der Waals surface area contributed by atoms with Crippen LogP contribution in [0.3, 0.4) is 0 Å². The summed E-state index contributed by atoms with van der Waals surface area (Å²) in [5.41, 5.74) is 1.03. The number of piperidine rings is 1. The molecule has 4 rings (SSSR count). The summed E-state index contributed by atoms with van der Waals surface area (Å²) < 4.78 is 5.34. The van der Waals surface area contributed by atoms with E-state index >= 15 is 0 Å². The van der Waals surface area contributed by atoms with Gasteiger partial charge in [0, 0.05) is 18.1 Å². The largest absolute Gasteiger partial charge is 0.423 e. The minimum absolute atomic E-state index is 0.204. The number of benzene rings is 2. The molecule has 170 valence electrons. The van der Waals surface area contributed by atoms with Crippen molar-refractivity contribution in [2.24, 2.45) is 0 Å². The number of carbonyl (C=O) groups excluding carboxylic acids is 4. The predicted molar refractivity (Wildman–Crippen MR) is 126 cm³/mol. The van der Waals surface area contributed by atoms with Crippen LogP contribution < -0.4 is 4.74 Å². The van der Waals surface area contributed by atoms with E-state index < -0.39 is 17.1 Å². The van der Waals surface area contributed by atoms with Crippen LogP contribution in [-0.4, -0.2) is 52.5 Å². The summed E-state index contributed by atoms with van der Waals surface area (Å²) in [6.45, 7) is 1.10. The highest BCUT2D eigenvalue weighted by Gasteiger charge is 2.37. The number of rotatable bonds is 5. The first kappa shape index (κ1) is 23.1. The lowest BCUT2D eigenvalue weighted by Gasteiger charge is -2.27. The monoisotopic (exact) mass is 484 g/mol. The number of imide groups is 1. The molecule has 2 fully saturated rings. The van der Waals surface area contributed by atoms with E-state index in [4.69, 9.17) is 16.3 Å². The second-order valence-electron chi connectivity index (χ2n) is 7.67. The van der Waals surface area contributed by atoms with Gasteiger partial charge in [-0.05, 0) is 79.1 Å². The number of esters is 1. The molecule has 0 unspecified atom stereocenters. The van der Waals surface area contributed by atoms with Crippen LogP contribution in [0.25, 0.3) is 6.08 Å². The van der Waals surface area contributed by atoms with E-state index in [-0.39, 0.29) is 17.4 Å². The van der Waals surface area contributed by atoms with Gasteiger partial charge in [0.05, 0.1) is 10.5 Å². The van der Waals surface area contributed by atoms with Crippen molar-refractivity contribution < 1.29 is 23.9 Å². The maximum atomic E-state index is 12.7. The lowest BCUT2D eigenvalue weighted by molar-refractivity contribution is -0.136. The number of carbonyl (C=O) groups is 4. The summed E-state index contributed by atoms with van der Waals surface area (Å²) >= 11 is 6.64. The average Bonchev–Trinajstić information content (AvgIpc) is 3.08. The summed E-state index contributed by atoms with van der Waals surface area (Å²) in [4.78, 5) is 52.6. The predicted octanol–water partition coefficient (Wildman–Crippen LogP) is 4.61. The van der Waals surface area contributed by atoms with Gasteiger partial charge in [-0.15, -0.1) is 0 Å². The molecule has 0 saturated carbocycles. The van der Waals surface area contributed by atoms with Gasteiger partial charge >= 0.3 is 5.97 Å². The van der Waals surface area contributed by atoms with Gasteiger partial charge in [-0.2, -0.15) is 0 Å². The summed E-state index contributed by atoms with van der Waals surface area (Å²) in [5.74, 6) is -0.857. The molecule has 0 spiro atoms. The van der Waals surface area contributed by atoms with Gasteiger partial charge in [-0.1, -0.05) is 23.7 Å². The molecule has 2 aliphatic rings. The topological polar surface area (TPSA) is 84.0 Å². The summed E-state index contributed by atoms with van der Waals surface area (Å²) in [6, 6.07) is 12.9. The Kier molecular flexibility index (Phi) is 7.15. The zero-order chi connectivity index (χ0) is 23.4. The van der Waals surface area contributed by atoms with Crippen LogP contribution in [0.2, 0.25) is 5.02 Å². The number of hydrogen-bond acceptors (Lipinski definition) is 6. The smallest absolute Gasteiger partial charge is 0.343 e. The van der Waals surface area contributed by atoms with Crippen LogP contribution in [0, 0.1) is 0 Å². The molecular formula is C24H21ClN2O5S. The molecule has 2 saturated heterocycles. The number of hydrogen-bond donors (Lipinski definition) is 0. The third-order valence-corrected chi connectivity index (χ3v) is 6.50. The van der Waals surface area contributed by atoms with E-state index in [1.807, 2.05) is 0 Å². The number of nitrogens with zero attached hydrogens (tertiary/aromatic N) is 2. The Hall–Kier alpha value is -3.10. The Morgan fingerprint density at radius 2 is 1.64 bits per heavy atom. The maximum absolute atomic E-state index is 12.7. The fourth-order valence-electron chi connectivity index (χ4n) is 3.55. The Bertz CT molecular complexity index is 1110. The first-order valence-electron chi connectivity index (χ1n) is 10.5. The quantitative estimate of drug-likeness (QED) is 0.350. The molecule has 0 aromatic heterocycles. The Morgan fingerprint density at radius 3 is 2.30 bits per heavy atom. The third kappa shape index (κ3) is 5.64. The molecule has 33 heavy (non-hydrogen) atoms. The van der Waals surface area contributed by atoms with Crippen molar-refractivity contribution in [1.82, 2.24) is 9.80 Å². The van der Waals surface area contributed by atoms with Crippen LogP contribution in [0.4, 0.5) is 4.79 Å². The van der Waals surface area contributed by atoms with E-state index in [9.17, 15) is 19.2 Å². The molecule has 3 amide bonds. The van der Waals surface area contributed by atoms with E-state index in [0.717, 1.165) is 35.9 Å². The first-order valence-corrected chi connectivity index (χ1v) is 11.7. The Morgan fingerprint density at radius 1 is 0.970 bits per heavy atom. The van der Waals surface area contributed by atoms with Crippen LogP contribution in [-0.2, 0) is 9.59 Å². The molecule has 0 bridgehead atoms. The second kappa shape index (κ2) is 10.2. The van der Waals surface area contributed by atoms with Gasteiger partial charge in [0.25, 0.3) is 11.1 Å². The van der Waals surface area contributed by atoms with Gasteiger partial charge in [0.1, 0.15) is 12.3 Å². The van der Waals surface area contributed by atoms with Crippen molar-refractivity contribution in [3.8, 4) is 5.75 Å². The van der Waals surface area contributed by atoms with Crippen LogP contribution in [0.1, 0.15) is 35.2 Å². The van der Waals surface area contributed by atoms with Crippen LogP contribution >= 0.6 is 23.4 Å². The minimum atomic E-state index is -0.515. The standard InChI is InChI=1S/C24H21ClN2O5S/c25-18-8-6-17(7-9-18)23(30)32-19-10-4-16(5-11-19)14-20-22(29)27(24(31)33-20)15-21(28)26-12-2-1-3-13-26/h4-11,14H,1-3,12-13,15H2/b20-14-. The molecule has 0 atom stereocenters. The van der Waals surface area contributed by atoms with Gasteiger partial charge in [0.15, 0.2) is 0 Å². The minimum Gasteiger partial charge on any atom is -0.423 e. The molecule has 9 heteroatoms. The van der Waals surface area contributed by atoms with E-state index in [0.29, 0.717) is 35.0 Å². The van der Waals surface area contributed by atoms with Gasteiger partial charge in [0.2, 0.25) is 5.91 Å². The molecule has 0 aliphatic carbocycles. The highest BCUT2D eigenvalue weighted by molar-refractivity contribution is 8.18. The number of thioether (sulfide) groups is 1. The molecule has 2 heterocycles. The number of halogens is 1. The number of likely N-dealkylation sites (tertiary alicyclic amines) is 1. The zero-order valence-electron chi connectivity index (χ0n) is 17.7. The Balaban J connectivity index is 1.38. The van der Waals surface area contributed by atoms with Crippen molar-refractivity contribution in [3.63, 3.8) is 0 Å². The summed E-state index contributed by atoms with van der Waals surface area (Å²) in [6.07, 6.45) is 4.56. The fourth-order valence-corrected chi connectivity index (χ4v) is 4.51. The Labute approximate surface area is 200 Å². The van der Waals surface area contributed by atoms with Gasteiger partial charge < -0.3 is 9.64 Å². The number of ether oxygens (including phenoxy) is 1. The fraction of sp³-hybridized carbons (Fsp3) is 0.250. The van der Waals surface area contributed by atoms with Crippen molar-refractivity contribution in [2.45, 2.75) is 19.3 Å².